The zero-order valence-corrected chi connectivity index (χ0v) is 11.9. The fraction of sp³-hybridized carbons (Fsp3) is 0.214. The van der Waals surface area contributed by atoms with E-state index >= 15 is 0 Å². The molecule has 21 heavy (non-hydrogen) atoms. The van der Waals surface area contributed by atoms with Crippen molar-refractivity contribution >= 4 is 23.2 Å². The molecule has 0 bridgehead atoms. The summed E-state index contributed by atoms with van der Waals surface area (Å²) >= 11 is 1.32. The van der Waals surface area contributed by atoms with Crippen molar-refractivity contribution in [3.63, 3.8) is 0 Å². The minimum Gasteiger partial charge on any atom is -0.468 e. The topological polar surface area (TPSA) is 84.1 Å². The van der Waals surface area contributed by atoms with E-state index in [4.69, 9.17) is 0 Å². The van der Waals surface area contributed by atoms with E-state index in [1.807, 2.05) is 28.1 Å². The summed E-state index contributed by atoms with van der Waals surface area (Å²) in [7, 11) is 1.22. The molecule has 1 aliphatic rings. The molecule has 106 valence electrons. The summed E-state index contributed by atoms with van der Waals surface area (Å²) in [5, 5.41) is 13.9. The van der Waals surface area contributed by atoms with Crippen LogP contribution in [0.3, 0.4) is 0 Å². The van der Waals surface area contributed by atoms with Gasteiger partial charge in [-0.15, -0.1) is 11.3 Å². The van der Waals surface area contributed by atoms with Crippen molar-refractivity contribution in [2.75, 3.05) is 7.11 Å². The van der Waals surface area contributed by atoms with Gasteiger partial charge in [-0.1, -0.05) is 0 Å². The lowest BCUT2D eigenvalue weighted by atomic mass is 9.98. The first-order valence-electron chi connectivity index (χ1n) is 6.20. The van der Waals surface area contributed by atoms with E-state index in [1.54, 1.807) is 12.3 Å². The molecule has 3 rings (SSSR count). The second-order valence-electron chi connectivity index (χ2n) is 4.52. The van der Waals surface area contributed by atoms with Crippen LogP contribution in [0.5, 0.6) is 0 Å². The van der Waals surface area contributed by atoms with Crippen molar-refractivity contribution in [2.45, 2.75) is 6.04 Å². The van der Waals surface area contributed by atoms with Gasteiger partial charge in [0, 0.05) is 11.9 Å². The molecular weight excluding hydrogens is 290 g/mol. The van der Waals surface area contributed by atoms with Crippen LogP contribution in [0.1, 0.15) is 21.4 Å². The average molecular weight is 301 g/mol. The summed E-state index contributed by atoms with van der Waals surface area (Å²) in [5.41, 5.74) is 1.43. The Balaban J connectivity index is 2.14. The minimum atomic E-state index is -1.10. The maximum Gasteiger partial charge on any atom is 0.325 e. The molecule has 0 radical (unpaired) electrons. The zero-order valence-electron chi connectivity index (χ0n) is 11.1. The fourth-order valence-corrected chi connectivity index (χ4v) is 3.24. The Morgan fingerprint density at radius 3 is 3.10 bits per heavy atom. The summed E-state index contributed by atoms with van der Waals surface area (Å²) in [6.07, 6.45) is 1.81. The van der Waals surface area contributed by atoms with Gasteiger partial charge in [0.15, 0.2) is 5.92 Å². The standard InChI is InChI=1S/C14H11N3O3S/c1-20-14(19)8(7-15)11-9-3-2-5-17(9)10-4-6-21-12(10)13(18)16-11/h2-6,8,11H,1H3,(H,16,18). The van der Waals surface area contributed by atoms with Crippen LogP contribution in [-0.4, -0.2) is 23.6 Å². The summed E-state index contributed by atoms with van der Waals surface area (Å²) in [4.78, 5) is 24.7. The molecule has 3 heterocycles. The maximum atomic E-state index is 12.3. The van der Waals surface area contributed by atoms with E-state index in [2.05, 4.69) is 10.1 Å². The number of carbonyl (C=O) groups is 2. The lowest BCUT2D eigenvalue weighted by Gasteiger charge is -2.20. The van der Waals surface area contributed by atoms with Gasteiger partial charge < -0.3 is 14.6 Å². The van der Waals surface area contributed by atoms with Crippen LogP contribution in [0.15, 0.2) is 29.8 Å². The molecule has 1 amide bonds. The Bertz CT molecular complexity index is 756. The van der Waals surface area contributed by atoms with Gasteiger partial charge in [-0.3, -0.25) is 9.59 Å². The number of carbonyl (C=O) groups excluding carboxylic acids is 2. The van der Waals surface area contributed by atoms with Crippen molar-refractivity contribution in [3.05, 3.63) is 40.3 Å². The molecule has 0 spiro atoms. The lowest BCUT2D eigenvalue weighted by molar-refractivity contribution is -0.144. The largest absolute Gasteiger partial charge is 0.468 e. The smallest absolute Gasteiger partial charge is 0.325 e. The third kappa shape index (κ3) is 2.00. The maximum absolute atomic E-state index is 12.3. The predicted molar refractivity (Wildman–Crippen MR) is 75.0 cm³/mol. The predicted octanol–water partition coefficient (Wildman–Crippen LogP) is 1.64. The quantitative estimate of drug-likeness (QED) is 0.855. The molecule has 1 N–H and O–H groups in total. The van der Waals surface area contributed by atoms with Crippen molar-refractivity contribution in [1.82, 2.24) is 9.88 Å². The molecule has 0 fully saturated rings. The highest BCUT2D eigenvalue weighted by Gasteiger charge is 2.37. The first kappa shape index (κ1) is 13.4. The molecular formula is C14H11N3O3S. The Kier molecular flexibility index (Phi) is 3.23. The van der Waals surface area contributed by atoms with E-state index < -0.39 is 17.9 Å². The van der Waals surface area contributed by atoms with Crippen LogP contribution < -0.4 is 5.32 Å². The van der Waals surface area contributed by atoms with Crippen LogP contribution in [0.4, 0.5) is 0 Å². The molecule has 2 aromatic rings. The third-order valence-electron chi connectivity index (χ3n) is 3.42. The van der Waals surface area contributed by atoms with Crippen molar-refractivity contribution in [3.8, 4) is 11.8 Å². The number of nitrogens with zero attached hydrogens (tertiary/aromatic N) is 2. The Hall–Kier alpha value is -2.59. The number of hydrogen-bond acceptors (Lipinski definition) is 5. The zero-order chi connectivity index (χ0) is 15.0. The van der Waals surface area contributed by atoms with Gasteiger partial charge >= 0.3 is 5.97 Å². The average Bonchev–Trinajstić information content (AvgIpc) is 3.12. The second-order valence-corrected chi connectivity index (χ2v) is 5.44. The van der Waals surface area contributed by atoms with Gasteiger partial charge in [0.25, 0.3) is 5.91 Å². The second kappa shape index (κ2) is 5.07. The van der Waals surface area contributed by atoms with Crippen LogP contribution >= 0.6 is 11.3 Å². The highest BCUT2D eigenvalue weighted by Crippen LogP contribution is 2.33. The van der Waals surface area contributed by atoms with E-state index in [-0.39, 0.29) is 5.91 Å². The first-order chi connectivity index (χ1) is 10.2. The van der Waals surface area contributed by atoms with E-state index in [0.29, 0.717) is 10.6 Å². The van der Waals surface area contributed by atoms with Gasteiger partial charge in [0.05, 0.1) is 24.9 Å². The monoisotopic (exact) mass is 301 g/mol. The molecule has 0 saturated heterocycles. The Morgan fingerprint density at radius 1 is 1.57 bits per heavy atom. The number of aromatic nitrogens is 1. The van der Waals surface area contributed by atoms with Crippen molar-refractivity contribution < 1.29 is 14.3 Å². The highest BCUT2D eigenvalue weighted by molar-refractivity contribution is 7.12. The molecule has 2 unspecified atom stereocenters. The Morgan fingerprint density at radius 2 is 2.38 bits per heavy atom. The van der Waals surface area contributed by atoms with Crippen LogP contribution in [0, 0.1) is 17.2 Å². The summed E-state index contributed by atoms with van der Waals surface area (Å²) in [6, 6.07) is 6.61. The van der Waals surface area contributed by atoms with Gasteiger partial charge in [-0.25, -0.2) is 0 Å². The number of esters is 1. The van der Waals surface area contributed by atoms with Gasteiger partial charge in [0.2, 0.25) is 0 Å². The number of methoxy groups -OCH3 is 1. The summed E-state index contributed by atoms with van der Waals surface area (Å²) in [5.74, 6) is -2.06. The molecule has 2 atom stereocenters. The number of nitrogens with one attached hydrogen (secondary N) is 1. The molecule has 2 aromatic heterocycles. The lowest BCUT2D eigenvalue weighted by Crippen LogP contribution is -2.36. The molecule has 1 aliphatic heterocycles. The van der Waals surface area contributed by atoms with Gasteiger partial charge in [0.1, 0.15) is 4.88 Å². The van der Waals surface area contributed by atoms with Crippen LogP contribution in [0.2, 0.25) is 0 Å². The number of thiophene rings is 1. The minimum absolute atomic E-state index is 0.294. The number of fused-ring (bicyclic) bond motifs is 3. The number of hydrogen-bond donors (Lipinski definition) is 1. The van der Waals surface area contributed by atoms with Crippen molar-refractivity contribution in [1.29, 1.82) is 5.26 Å². The fourth-order valence-electron chi connectivity index (χ4n) is 2.45. The number of rotatable bonds is 2. The highest BCUT2D eigenvalue weighted by atomic mass is 32.1. The number of ether oxygens (including phenoxy) is 1. The first-order valence-corrected chi connectivity index (χ1v) is 7.08. The molecule has 0 aliphatic carbocycles. The van der Waals surface area contributed by atoms with E-state index in [0.717, 1.165) is 5.69 Å². The summed E-state index contributed by atoms with van der Waals surface area (Å²) in [6.45, 7) is 0. The molecule has 0 aromatic carbocycles. The van der Waals surface area contributed by atoms with Gasteiger partial charge in [-0.05, 0) is 23.6 Å². The van der Waals surface area contributed by atoms with Gasteiger partial charge in [-0.2, -0.15) is 5.26 Å². The summed E-state index contributed by atoms with van der Waals surface area (Å²) < 4.78 is 6.48. The Labute approximate surface area is 124 Å². The number of nitriles is 1. The number of amides is 1. The molecule has 7 heteroatoms. The molecule has 6 nitrogen and oxygen atoms in total. The van der Waals surface area contributed by atoms with E-state index in [1.165, 1.54) is 18.4 Å². The SMILES string of the molecule is COC(=O)C(C#N)C1NC(=O)c2sccc2-n2cccc21. The van der Waals surface area contributed by atoms with E-state index in [9.17, 15) is 14.9 Å². The normalized spacial score (nSPS) is 17.7. The van der Waals surface area contributed by atoms with Crippen LogP contribution in [-0.2, 0) is 9.53 Å². The third-order valence-corrected chi connectivity index (χ3v) is 4.33. The molecule has 0 saturated carbocycles. The van der Waals surface area contributed by atoms with Crippen LogP contribution in [0.25, 0.3) is 5.69 Å². The van der Waals surface area contributed by atoms with Crippen molar-refractivity contribution in [2.24, 2.45) is 5.92 Å².